The summed E-state index contributed by atoms with van der Waals surface area (Å²) in [6.45, 7) is 7.32. The van der Waals surface area contributed by atoms with Crippen LogP contribution in [0.15, 0.2) is 42.6 Å². The second kappa shape index (κ2) is 7.87. The van der Waals surface area contributed by atoms with Crippen molar-refractivity contribution in [2.24, 2.45) is 0 Å². The highest BCUT2D eigenvalue weighted by molar-refractivity contribution is 5.86. The first-order chi connectivity index (χ1) is 13.2. The third-order valence-electron chi connectivity index (χ3n) is 6.03. The van der Waals surface area contributed by atoms with Gasteiger partial charge in [-0.25, -0.2) is 0 Å². The Bertz CT molecular complexity index is 910. The van der Waals surface area contributed by atoms with Gasteiger partial charge in [0.2, 0.25) is 0 Å². The molecule has 0 amide bonds. The molecule has 0 spiro atoms. The fourth-order valence-electron chi connectivity index (χ4n) is 4.62. The Labute approximate surface area is 162 Å². The first-order valence-electron chi connectivity index (χ1n) is 10.1. The van der Waals surface area contributed by atoms with E-state index in [9.17, 15) is 0 Å². The Balaban J connectivity index is 1.63. The molecule has 3 heteroatoms. The lowest BCUT2D eigenvalue weighted by Gasteiger charge is -2.36. The zero-order chi connectivity index (χ0) is 18.8. The van der Waals surface area contributed by atoms with E-state index in [2.05, 4.69) is 66.3 Å². The van der Waals surface area contributed by atoms with Gasteiger partial charge in [-0.1, -0.05) is 36.8 Å². The van der Waals surface area contributed by atoms with Crippen molar-refractivity contribution in [2.75, 3.05) is 13.7 Å². The monoisotopic (exact) mass is 362 g/mol. The molecule has 1 N–H and O–H groups in total. The lowest BCUT2D eigenvalue weighted by molar-refractivity contribution is 0.140. The molecule has 0 radical (unpaired) electrons. The van der Waals surface area contributed by atoms with Crippen LogP contribution >= 0.6 is 0 Å². The van der Waals surface area contributed by atoms with Crippen molar-refractivity contribution in [3.63, 3.8) is 0 Å². The Morgan fingerprint density at radius 3 is 2.67 bits per heavy atom. The van der Waals surface area contributed by atoms with E-state index in [1.807, 2.05) is 0 Å². The molecule has 3 nitrogen and oxygen atoms in total. The topological polar surface area (TPSA) is 28.3 Å². The highest BCUT2D eigenvalue weighted by Gasteiger charge is 2.25. The number of hydrogen-bond donors (Lipinski definition) is 1. The molecule has 0 aliphatic carbocycles. The minimum Gasteiger partial charge on any atom is -0.380 e. The van der Waals surface area contributed by atoms with E-state index >= 15 is 0 Å². The Morgan fingerprint density at radius 2 is 1.89 bits per heavy atom. The molecule has 3 aromatic rings. The number of likely N-dealkylation sites (tertiary alicyclic amines) is 1. The highest BCUT2D eigenvalue weighted by Crippen LogP contribution is 2.34. The molecule has 27 heavy (non-hydrogen) atoms. The number of fused-ring (bicyclic) bond motifs is 1. The smallest absolute Gasteiger partial charge is 0.0713 e. The van der Waals surface area contributed by atoms with Gasteiger partial charge in [0.25, 0.3) is 0 Å². The normalized spacial score (nSPS) is 18.3. The average molecular weight is 363 g/mol. The molecule has 4 rings (SSSR count). The summed E-state index contributed by atoms with van der Waals surface area (Å²) in [7, 11) is 1.75. The molecule has 142 valence electrons. The van der Waals surface area contributed by atoms with Gasteiger partial charge in [-0.2, -0.15) is 0 Å². The number of nitrogens with one attached hydrogen (secondary N) is 1. The van der Waals surface area contributed by atoms with Crippen molar-refractivity contribution >= 4 is 10.9 Å². The SMILES string of the molecule is COCc1ccc(C2CCCCN2Cc2c(C)cc(C)c3[nH]ccc23)cc1. The van der Waals surface area contributed by atoms with Crippen LogP contribution in [0.3, 0.4) is 0 Å². The molecule has 1 fully saturated rings. The van der Waals surface area contributed by atoms with Crippen LogP contribution in [0.25, 0.3) is 10.9 Å². The van der Waals surface area contributed by atoms with Crippen LogP contribution < -0.4 is 0 Å². The Kier molecular flexibility index (Phi) is 5.33. The molecule has 1 atom stereocenters. The van der Waals surface area contributed by atoms with E-state index in [-0.39, 0.29) is 0 Å². The number of aryl methyl sites for hydroxylation is 2. The van der Waals surface area contributed by atoms with Crippen LogP contribution in [-0.4, -0.2) is 23.5 Å². The largest absolute Gasteiger partial charge is 0.380 e. The molecule has 2 aromatic carbocycles. The van der Waals surface area contributed by atoms with Gasteiger partial charge in [-0.15, -0.1) is 0 Å². The van der Waals surface area contributed by atoms with Crippen LogP contribution in [0.1, 0.15) is 53.1 Å². The maximum absolute atomic E-state index is 5.26. The zero-order valence-corrected chi connectivity index (χ0v) is 16.7. The molecule has 1 aliphatic heterocycles. The molecule has 0 saturated carbocycles. The Hall–Kier alpha value is -2.10. The molecule has 2 heterocycles. The molecule has 1 aromatic heterocycles. The van der Waals surface area contributed by atoms with E-state index in [4.69, 9.17) is 4.74 Å². The summed E-state index contributed by atoms with van der Waals surface area (Å²) in [5, 5.41) is 1.38. The number of aromatic amines is 1. The summed E-state index contributed by atoms with van der Waals surface area (Å²) in [5.74, 6) is 0. The predicted molar refractivity (Wildman–Crippen MR) is 112 cm³/mol. The van der Waals surface area contributed by atoms with Gasteiger partial charge in [0, 0.05) is 36.8 Å². The van der Waals surface area contributed by atoms with E-state index in [0.717, 1.165) is 6.54 Å². The number of hydrogen-bond acceptors (Lipinski definition) is 2. The molecule has 1 saturated heterocycles. The first kappa shape index (κ1) is 18.3. The lowest BCUT2D eigenvalue weighted by atomic mass is 9.92. The third kappa shape index (κ3) is 3.67. The van der Waals surface area contributed by atoms with Crippen LogP contribution in [0.4, 0.5) is 0 Å². The van der Waals surface area contributed by atoms with Gasteiger partial charge in [-0.05, 0) is 67.1 Å². The quantitative estimate of drug-likeness (QED) is 0.634. The maximum atomic E-state index is 5.26. The number of H-pyrrole nitrogens is 1. The Morgan fingerprint density at radius 1 is 1.07 bits per heavy atom. The van der Waals surface area contributed by atoms with Crippen molar-refractivity contribution in [1.82, 2.24) is 9.88 Å². The predicted octanol–water partition coefficient (Wildman–Crippen LogP) is 5.66. The number of rotatable bonds is 5. The zero-order valence-electron chi connectivity index (χ0n) is 16.7. The van der Waals surface area contributed by atoms with E-state index < -0.39 is 0 Å². The molecule has 1 aliphatic rings. The van der Waals surface area contributed by atoms with Gasteiger partial charge < -0.3 is 9.72 Å². The van der Waals surface area contributed by atoms with E-state index in [1.54, 1.807) is 7.11 Å². The van der Waals surface area contributed by atoms with E-state index in [1.165, 1.54) is 64.5 Å². The fraction of sp³-hybridized carbons (Fsp3) is 0.417. The minimum absolute atomic E-state index is 0.505. The summed E-state index contributed by atoms with van der Waals surface area (Å²) in [6, 6.07) is 14.1. The third-order valence-corrected chi connectivity index (χ3v) is 6.03. The van der Waals surface area contributed by atoms with Crippen LogP contribution in [0.2, 0.25) is 0 Å². The molecule has 0 bridgehead atoms. The van der Waals surface area contributed by atoms with Crippen molar-refractivity contribution in [3.05, 3.63) is 70.4 Å². The second-order valence-electron chi connectivity index (χ2n) is 7.91. The van der Waals surface area contributed by atoms with Crippen molar-refractivity contribution in [1.29, 1.82) is 0 Å². The number of methoxy groups -OCH3 is 1. The fourth-order valence-corrected chi connectivity index (χ4v) is 4.62. The first-order valence-corrected chi connectivity index (χ1v) is 10.1. The number of aromatic nitrogens is 1. The molecular weight excluding hydrogens is 332 g/mol. The standard InChI is InChI=1S/C24H30N2O/c1-17-14-18(2)24-21(11-12-25-24)22(17)15-26-13-5-4-6-23(26)20-9-7-19(8-10-20)16-27-3/h7-12,14,23,25H,4-6,13,15-16H2,1-3H3. The van der Waals surface area contributed by atoms with Crippen molar-refractivity contribution in [2.45, 2.75) is 52.3 Å². The summed E-state index contributed by atoms with van der Waals surface area (Å²) < 4.78 is 5.26. The van der Waals surface area contributed by atoms with E-state index in [0.29, 0.717) is 12.6 Å². The van der Waals surface area contributed by atoms with Crippen LogP contribution in [0.5, 0.6) is 0 Å². The van der Waals surface area contributed by atoms with Gasteiger partial charge in [0.1, 0.15) is 0 Å². The number of benzene rings is 2. The number of nitrogens with zero attached hydrogens (tertiary/aromatic N) is 1. The maximum Gasteiger partial charge on any atom is 0.0713 e. The van der Waals surface area contributed by atoms with Crippen LogP contribution in [0, 0.1) is 13.8 Å². The van der Waals surface area contributed by atoms with Gasteiger partial charge in [0.15, 0.2) is 0 Å². The highest BCUT2D eigenvalue weighted by atomic mass is 16.5. The number of ether oxygens (including phenoxy) is 1. The average Bonchev–Trinajstić information content (AvgIpc) is 3.17. The summed E-state index contributed by atoms with van der Waals surface area (Å²) >= 11 is 0. The second-order valence-corrected chi connectivity index (χ2v) is 7.91. The molecule has 1 unspecified atom stereocenters. The lowest BCUT2D eigenvalue weighted by Crippen LogP contribution is -2.33. The van der Waals surface area contributed by atoms with Gasteiger partial charge >= 0.3 is 0 Å². The summed E-state index contributed by atoms with van der Waals surface area (Å²) in [4.78, 5) is 6.10. The van der Waals surface area contributed by atoms with Crippen LogP contribution in [-0.2, 0) is 17.9 Å². The van der Waals surface area contributed by atoms with Gasteiger partial charge in [0.05, 0.1) is 6.61 Å². The van der Waals surface area contributed by atoms with Gasteiger partial charge in [-0.3, -0.25) is 4.90 Å². The summed E-state index contributed by atoms with van der Waals surface area (Å²) in [5.41, 5.74) is 8.17. The van der Waals surface area contributed by atoms with Crippen molar-refractivity contribution < 1.29 is 4.74 Å². The summed E-state index contributed by atoms with van der Waals surface area (Å²) in [6.07, 6.45) is 5.92. The number of piperidine rings is 1. The minimum atomic E-state index is 0.505. The van der Waals surface area contributed by atoms with Crippen molar-refractivity contribution in [3.8, 4) is 0 Å². The molecular formula is C24H30N2O.